The number of amides is 2. The molecule has 7 heteroatoms. The summed E-state index contributed by atoms with van der Waals surface area (Å²) >= 11 is 0. The molecule has 1 rings (SSSR count). The highest BCUT2D eigenvalue weighted by molar-refractivity contribution is 5.91. The first-order valence-electron chi connectivity index (χ1n) is 5.85. The number of carboxylic acid groups (broad SMARTS) is 1. The molecule has 0 aromatic rings. The zero-order valence-electron chi connectivity index (χ0n) is 10.4. The molecule has 3 unspecified atom stereocenters. The zero-order chi connectivity index (χ0) is 13.9. The topological polar surface area (TPSA) is 107 Å². The normalized spacial score (nSPS) is 22.7. The second kappa shape index (κ2) is 5.81. The lowest BCUT2D eigenvalue weighted by atomic mass is 10.1. The second-order valence-electron chi connectivity index (χ2n) is 4.40. The monoisotopic (exact) mass is 258 g/mol. The van der Waals surface area contributed by atoms with E-state index in [2.05, 4.69) is 5.32 Å². The third-order valence-electron chi connectivity index (χ3n) is 3.01. The lowest BCUT2D eigenvalue weighted by Crippen LogP contribution is -2.49. The summed E-state index contributed by atoms with van der Waals surface area (Å²) in [6, 6.07) is -1.34. The van der Waals surface area contributed by atoms with E-state index in [1.807, 2.05) is 6.92 Å². The molecule has 18 heavy (non-hydrogen) atoms. The van der Waals surface area contributed by atoms with Gasteiger partial charge in [-0.25, -0.2) is 4.79 Å². The molecule has 1 aliphatic rings. The molecule has 2 amide bonds. The van der Waals surface area contributed by atoms with E-state index in [1.54, 1.807) is 4.90 Å². The van der Waals surface area contributed by atoms with E-state index in [-0.39, 0.29) is 12.3 Å². The van der Waals surface area contributed by atoms with Crippen molar-refractivity contribution in [3.63, 3.8) is 0 Å². The molecule has 0 bridgehead atoms. The van der Waals surface area contributed by atoms with Crippen LogP contribution in [0, 0.1) is 5.92 Å². The lowest BCUT2D eigenvalue weighted by Gasteiger charge is -2.19. The van der Waals surface area contributed by atoms with Gasteiger partial charge in [-0.1, -0.05) is 0 Å². The predicted octanol–water partition coefficient (Wildman–Crippen LogP) is -1.19. The van der Waals surface area contributed by atoms with Gasteiger partial charge in [-0.05, 0) is 13.8 Å². The van der Waals surface area contributed by atoms with Crippen molar-refractivity contribution in [1.82, 2.24) is 10.2 Å². The maximum Gasteiger partial charge on any atom is 0.328 e. The van der Waals surface area contributed by atoms with Crippen LogP contribution < -0.4 is 5.32 Å². The fourth-order valence-corrected chi connectivity index (χ4v) is 1.91. The number of rotatable bonds is 5. The molecule has 0 aromatic heterocycles. The number of hydrogen-bond donors (Lipinski definition) is 3. The average molecular weight is 258 g/mol. The van der Waals surface area contributed by atoms with E-state index >= 15 is 0 Å². The summed E-state index contributed by atoms with van der Waals surface area (Å²) in [6.45, 7) is 3.93. The molecule has 7 nitrogen and oxygen atoms in total. The summed E-state index contributed by atoms with van der Waals surface area (Å²) in [6.07, 6.45) is -1.10. The molecular formula is C11H18N2O5. The molecule has 0 spiro atoms. The van der Waals surface area contributed by atoms with Crippen LogP contribution in [0.5, 0.6) is 0 Å². The summed E-state index contributed by atoms with van der Waals surface area (Å²) in [5, 5.41) is 20.3. The van der Waals surface area contributed by atoms with Crippen molar-refractivity contribution in [2.24, 2.45) is 5.92 Å². The Bertz CT molecular complexity index is 355. The summed E-state index contributed by atoms with van der Waals surface area (Å²) in [5.41, 5.74) is 0. The Hall–Kier alpha value is -1.63. The van der Waals surface area contributed by atoms with E-state index in [1.165, 1.54) is 6.92 Å². The van der Waals surface area contributed by atoms with Crippen molar-refractivity contribution in [1.29, 1.82) is 0 Å². The Labute approximate surface area is 105 Å². The van der Waals surface area contributed by atoms with Gasteiger partial charge in [-0.2, -0.15) is 0 Å². The molecule has 3 atom stereocenters. The Morgan fingerprint density at radius 1 is 1.56 bits per heavy atom. The number of nitrogens with one attached hydrogen (secondary N) is 1. The van der Waals surface area contributed by atoms with E-state index in [4.69, 9.17) is 5.11 Å². The third-order valence-corrected chi connectivity index (χ3v) is 3.01. The molecule has 0 saturated carbocycles. The number of hydrogen-bond acceptors (Lipinski definition) is 4. The van der Waals surface area contributed by atoms with Gasteiger partial charge in [0.2, 0.25) is 11.8 Å². The van der Waals surface area contributed by atoms with Gasteiger partial charge >= 0.3 is 5.97 Å². The van der Waals surface area contributed by atoms with Crippen LogP contribution in [0.4, 0.5) is 0 Å². The van der Waals surface area contributed by atoms with Crippen LogP contribution in [0.1, 0.15) is 20.3 Å². The first-order valence-corrected chi connectivity index (χ1v) is 5.85. The standard InChI is InChI=1S/C11H18N2O5/c1-3-13-5-7(4-8(13)15)10(16)12-9(6(2)14)11(17)18/h6-7,9,14H,3-5H2,1-2H3,(H,12,16)(H,17,18). The Balaban J connectivity index is 2.61. The number of aliphatic hydroxyl groups is 1. The minimum Gasteiger partial charge on any atom is -0.480 e. The van der Waals surface area contributed by atoms with Crippen molar-refractivity contribution in [3.05, 3.63) is 0 Å². The molecule has 1 fully saturated rings. The van der Waals surface area contributed by atoms with Crippen LogP contribution in [0.25, 0.3) is 0 Å². The van der Waals surface area contributed by atoms with Gasteiger partial charge in [0.1, 0.15) is 0 Å². The SMILES string of the molecule is CCN1CC(C(=O)NC(C(=O)O)C(C)O)CC1=O. The number of nitrogens with zero attached hydrogens (tertiary/aromatic N) is 1. The molecule has 1 heterocycles. The van der Waals surface area contributed by atoms with Crippen LogP contribution in [-0.2, 0) is 14.4 Å². The number of carboxylic acids is 1. The van der Waals surface area contributed by atoms with Gasteiger partial charge in [0.25, 0.3) is 0 Å². The third kappa shape index (κ3) is 3.19. The molecule has 0 aliphatic carbocycles. The van der Waals surface area contributed by atoms with Crippen molar-refractivity contribution in [3.8, 4) is 0 Å². The van der Waals surface area contributed by atoms with Gasteiger partial charge in [0, 0.05) is 19.5 Å². The second-order valence-corrected chi connectivity index (χ2v) is 4.40. The Kier molecular flexibility index (Phi) is 4.66. The number of carbonyl (C=O) groups excluding carboxylic acids is 2. The van der Waals surface area contributed by atoms with Crippen molar-refractivity contribution in [2.75, 3.05) is 13.1 Å². The van der Waals surface area contributed by atoms with Crippen LogP contribution in [0.3, 0.4) is 0 Å². The number of aliphatic hydroxyl groups excluding tert-OH is 1. The quantitative estimate of drug-likeness (QED) is 0.574. The summed E-state index contributed by atoms with van der Waals surface area (Å²) in [4.78, 5) is 35.6. The largest absolute Gasteiger partial charge is 0.480 e. The molecule has 3 N–H and O–H groups in total. The van der Waals surface area contributed by atoms with Crippen molar-refractivity contribution in [2.45, 2.75) is 32.4 Å². The Morgan fingerprint density at radius 2 is 2.17 bits per heavy atom. The van der Waals surface area contributed by atoms with Crippen LogP contribution in [0.2, 0.25) is 0 Å². The molecule has 1 saturated heterocycles. The van der Waals surface area contributed by atoms with Gasteiger partial charge in [0.05, 0.1) is 12.0 Å². The van der Waals surface area contributed by atoms with Crippen molar-refractivity contribution >= 4 is 17.8 Å². The first-order chi connectivity index (χ1) is 8.36. The summed E-state index contributed by atoms with van der Waals surface area (Å²) in [7, 11) is 0. The number of carbonyl (C=O) groups is 3. The smallest absolute Gasteiger partial charge is 0.328 e. The van der Waals surface area contributed by atoms with Gasteiger partial charge in [-0.3, -0.25) is 9.59 Å². The Morgan fingerprint density at radius 3 is 2.56 bits per heavy atom. The number of likely N-dealkylation sites (tertiary alicyclic amines) is 1. The molecule has 0 radical (unpaired) electrons. The van der Waals surface area contributed by atoms with Gasteiger partial charge in [0.15, 0.2) is 6.04 Å². The average Bonchev–Trinajstić information content (AvgIpc) is 2.66. The summed E-state index contributed by atoms with van der Waals surface area (Å²) in [5.74, 6) is -2.46. The lowest BCUT2D eigenvalue weighted by molar-refractivity contribution is -0.145. The maximum atomic E-state index is 11.8. The highest BCUT2D eigenvalue weighted by Gasteiger charge is 2.35. The molecule has 102 valence electrons. The minimum absolute atomic E-state index is 0.0891. The zero-order valence-corrected chi connectivity index (χ0v) is 10.4. The van der Waals surface area contributed by atoms with Crippen molar-refractivity contribution < 1.29 is 24.6 Å². The van der Waals surface area contributed by atoms with Gasteiger partial charge < -0.3 is 20.4 Å². The van der Waals surface area contributed by atoms with Crippen LogP contribution >= 0.6 is 0 Å². The maximum absolute atomic E-state index is 11.8. The fraction of sp³-hybridized carbons (Fsp3) is 0.727. The van der Waals surface area contributed by atoms with E-state index < -0.39 is 29.9 Å². The van der Waals surface area contributed by atoms with E-state index in [0.717, 1.165) is 0 Å². The van der Waals surface area contributed by atoms with Crippen LogP contribution in [0.15, 0.2) is 0 Å². The molecule has 1 aliphatic heterocycles. The highest BCUT2D eigenvalue weighted by atomic mass is 16.4. The first kappa shape index (κ1) is 14.4. The van der Waals surface area contributed by atoms with E-state index in [9.17, 15) is 19.5 Å². The highest BCUT2D eigenvalue weighted by Crippen LogP contribution is 2.17. The molecular weight excluding hydrogens is 240 g/mol. The fourth-order valence-electron chi connectivity index (χ4n) is 1.91. The van der Waals surface area contributed by atoms with Gasteiger partial charge in [-0.15, -0.1) is 0 Å². The predicted molar refractivity (Wildman–Crippen MR) is 61.6 cm³/mol. The minimum atomic E-state index is -1.34. The summed E-state index contributed by atoms with van der Waals surface area (Å²) < 4.78 is 0. The molecule has 0 aromatic carbocycles. The van der Waals surface area contributed by atoms with E-state index in [0.29, 0.717) is 13.1 Å². The van der Waals surface area contributed by atoms with Crippen LogP contribution in [-0.4, -0.2) is 58.1 Å². The number of aliphatic carboxylic acids is 1.